The summed E-state index contributed by atoms with van der Waals surface area (Å²) < 4.78 is 53.8. The van der Waals surface area contributed by atoms with E-state index in [-0.39, 0.29) is 36.1 Å². The molecule has 4 rings (SSSR count). The largest absolute Gasteiger partial charge is 0.485 e. The summed E-state index contributed by atoms with van der Waals surface area (Å²) in [7, 11) is 1.46. The van der Waals surface area contributed by atoms with E-state index in [4.69, 9.17) is 9.47 Å². The molecule has 0 unspecified atom stereocenters. The Morgan fingerprint density at radius 1 is 1.29 bits per heavy atom. The number of pyridine rings is 1. The van der Waals surface area contributed by atoms with Crippen LogP contribution in [0, 0.1) is 0 Å². The minimum absolute atomic E-state index is 0.0317. The average molecular weight is 493 g/mol. The number of hydrogen-bond donors (Lipinski definition) is 1. The highest BCUT2D eigenvalue weighted by molar-refractivity contribution is 5.98. The van der Waals surface area contributed by atoms with Crippen LogP contribution in [-0.2, 0) is 9.53 Å². The van der Waals surface area contributed by atoms with Crippen molar-refractivity contribution in [2.24, 2.45) is 0 Å². The van der Waals surface area contributed by atoms with Gasteiger partial charge >= 0.3 is 11.7 Å². The number of aromatic nitrogens is 4. The third-order valence-electron chi connectivity index (χ3n) is 5.86. The molecule has 0 radical (unpaired) electrons. The molecule has 0 saturated heterocycles. The lowest BCUT2D eigenvalue weighted by atomic mass is 10.1. The van der Waals surface area contributed by atoms with Crippen LogP contribution in [-0.4, -0.2) is 51.2 Å². The highest BCUT2D eigenvalue weighted by atomic mass is 19.4. The van der Waals surface area contributed by atoms with Gasteiger partial charge < -0.3 is 19.4 Å². The fourth-order valence-corrected chi connectivity index (χ4v) is 3.66. The van der Waals surface area contributed by atoms with E-state index in [1.165, 1.54) is 20.1 Å². The number of nitrogens with zero attached hydrogens (tertiary/aromatic N) is 4. The van der Waals surface area contributed by atoms with E-state index < -0.39 is 17.8 Å². The molecule has 1 aliphatic rings. The van der Waals surface area contributed by atoms with Gasteiger partial charge in [-0.3, -0.25) is 9.59 Å². The number of halogens is 3. The van der Waals surface area contributed by atoms with E-state index in [0.717, 1.165) is 25.3 Å². The van der Waals surface area contributed by atoms with E-state index in [1.54, 1.807) is 25.4 Å². The molecule has 1 amide bonds. The van der Waals surface area contributed by atoms with Gasteiger partial charge in [0.25, 0.3) is 0 Å². The van der Waals surface area contributed by atoms with Crippen molar-refractivity contribution in [1.82, 2.24) is 19.3 Å². The lowest BCUT2D eigenvalue weighted by Gasteiger charge is -2.19. The maximum Gasteiger partial charge on any atom is 0.410 e. The molecule has 188 valence electrons. The molecule has 3 aromatic heterocycles. The number of anilines is 1. The van der Waals surface area contributed by atoms with Crippen molar-refractivity contribution in [3.8, 4) is 17.0 Å². The van der Waals surface area contributed by atoms with Crippen LogP contribution < -0.4 is 15.6 Å². The number of carbonyl (C=O) groups excluding carboxylic acids is 1. The number of alkyl halides is 3. The Morgan fingerprint density at radius 2 is 2.00 bits per heavy atom. The van der Waals surface area contributed by atoms with Gasteiger partial charge in [-0.15, -0.1) is 0 Å². The molecule has 35 heavy (non-hydrogen) atoms. The minimum Gasteiger partial charge on any atom is -0.485 e. The van der Waals surface area contributed by atoms with Crippen LogP contribution in [0.1, 0.15) is 45.7 Å². The Balaban J connectivity index is 1.91. The van der Waals surface area contributed by atoms with Crippen LogP contribution in [0.3, 0.4) is 0 Å². The standard InChI is InChI=1S/C23H26F3N5O4/c1-12(34-4)11-35-20-8-18(29-31(22(20)33)13(2)23(24,25)26)17-10-30(15-5-6-15)19-9-27-21(7-16(17)19)28-14(3)32/h7-10,12-13,15H,5-6,11H2,1-4H3,(H,27,28,32)/t12-,13+/m1/s1. The van der Waals surface area contributed by atoms with Gasteiger partial charge in [-0.05, 0) is 32.8 Å². The molecule has 2 atom stereocenters. The maximum absolute atomic E-state index is 13.6. The molecular weight excluding hydrogens is 467 g/mol. The van der Waals surface area contributed by atoms with Crippen molar-refractivity contribution in [3.63, 3.8) is 0 Å². The molecule has 3 heterocycles. The lowest BCUT2D eigenvalue weighted by Crippen LogP contribution is -2.35. The highest BCUT2D eigenvalue weighted by Crippen LogP contribution is 2.41. The Hall–Kier alpha value is -3.41. The third kappa shape index (κ3) is 5.16. The van der Waals surface area contributed by atoms with Gasteiger partial charge in [0, 0.05) is 43.3 Å². The molecule has 0 spiro atoms. The Morgan fingerprint density at radius 3 is 2.60 bits per heavy atom. The molecule has 1 saturated carbocycles. The van der Waals surface area contributed by atoms with Crippen LogP contribution in [0.5, 0.6) is 5.75 Å². The molecule has 0 aliphatic heterocycles. The summed E-state index contributed by atoms with van der Waals surface area (Å²) in [6.45, 7) is 3.89. The fourth-order valence-electron chi connectivity index (χ4n) is 3.66. The Labute approximate surface area is 198 Å². The second kappa shape index (κ2) is 9.33. The zero-order valence-electron chi connectivity index (χ0n) is 19.7. The van der Waals surface area contributed by atoms with Crippen LogP contribution in [0.15, 0.2) is 29.3 Å². The van der Waals surface area contributed by atoms with Gasteiger partial charge in [0.15, 0.2) is 5.75 Å². The third-order valence-corrected chi connectivity index (χ3v) is 5.86. The number of fused-ring (bicyclic) bond motifs is 1. The van der Waals surface area contributed by atoms with E-state index in [2.05, 4.69) is 15.4 Å². The summed E-state index contributed by atoms with van der Waals surface area (Å²) in [6.07, 6.45) is 0.225. The van der Waals surface area contributed by atoms with Crippen molar-refractivity contribution < 1.29 is 27.4 Å². The summed E-state index contributed by atoms with van der Waals surface area (Å²) in [5, 5.41) is 7.35. The number of carbonyl (C=O) groups is 1. The molecule has 9 nitrogen and oxygen atoms in total. The number of amides is 1. The SMILES string of the molecule is CO[C@H](C)COc1cc(-c2cn(C3CC3)c3cnc(NC(C)=O)cc23)nn([C@@H](C)C(F)(F)F)c1=O. The summed E-state index contributed by atoms with van der Waals surface area (Å²) >= 11 is 0. The lowest BCUT2D eigenvalue weighted by molar-refractivity contribution is -0.166. The summed E-state index contributed by atoms with van der Waals surface area (Å²) in [5.74, 6) is -0.283. The molecule has 3 aromatic rings. The monoisotopic (exact) mass is 493 g/mol. The quantitative estimate of drug-likeness (QED) is 0.507. The Bertz CT molecular complexity index is 1310. The smallest absolute Gasteiger partial charge is 0.410 e. The molecule has 1 aliphatic carbocycles. The van der Waals surface area contributed by atoms with Gasteiger partial charge in [-0.1, -0.05) is 0 Å². The highest BCUT2D eigenvalue weighted by Gasteiger charge is 2.39. The van der Waals surface area contributed by atoms with Gasteiger partial charge in [0.2, 0.25) is 5.91 Å². The summed E-state index contributed by atoms with van der Waals surface area (Å²) in [4.78, 5) is 28.7. The van der Waals surface area contributed by atoms with Crippen molar-refractivity contribution in [2.75, 3.05) is 19.0 Å². The second-order valence-electron chi connectivity index (χ2n) is 8.67. The zero-order valence-corrected chi connectivity index (χ0v) is 19.7. The van der Waals surface area contributed by atoms with Crippen molar-refractivity contribution in [1.29, 1.82) is 0 Å². The number of methoxy groups -OCH3 is 1. The average Bonchev–Trinajstić information content (AvgIpc) is 3.57. The number of ether oxygens (including phenoxy) is 2. The van der Waals surface area contributed by atoms with Crippen molar-refractivity contribution >= 4 is 22.6 Å². The topological polar surface area (TPSA) is 100 Å². The predicted octanol–water partition coefficient (Wildman–Crippen LogP) is 4.09. The predicted molar refractivity (Wildman–Crippen MR) is 123 cm³/mol. The summed E-state index contributed by atoms with van der Waals surface area (Å²) in [5.41, 5.74) is 0.378. The number of hydrogen-bond acceptors (Lipinski definition) is 6. The van der Waals surface area contributed by atoms with E-state index in [0.29, 0.717) is 21.4 Å². The number of nitrogens with one attached hydrogen (secondary N) is 1. The van der Waals surface area contributed by atoms with Gasteiger partial charge in [-0.2, -0.15) is 18.3 Å². The van der Waals surface area contributed by atoms with Crippen molar-refractivity contribution in [2.45, 2.75) is 58.0 Å². The van der Waals surface area contributed by atoms with Crippen molar-refractivity contribution in [3.05, 3.63) is 34.9 Å². The van der Waals surface area contributed by atoms with Gasteiger partial charge in [-0.25, -0.2) is 9.67 Å². The fraction of sp³-hybridized carbons (Fsp3) is 0.478. The first-order chi connectivity index (χ1) is 16.5. The van der Waals surface area contributed by atoms with E-state index in [1.807, 2.05) is 4.57 Å². The summed E-state index contributed by atoms with van der Waals surface area (Å²) in [6, 6.07) is 1.04. The second-order valence-corrected chi connectivity index (χ2v) is 8.67. The first-order valence-electron chi connectivity index (χ1n) is 11.1. The van der Waals surface area contributed by atoms with Crippen LogP contribution in [0.2, 0.25) is 0 Å². The van der Waals surface area contributed by atoms with E-state index in [9.17, 15) is 22.8 Å². The van der Waals surface area contributed by atoms with Crippen LogP contribution in [0.25, 0.3) is 22.2 Å². The molecular formula is C23H26F3N5O4. The maximum atomic E-state index is 13.6. The molecule has 1 N–H and O–H groups in total. The first-order valence-corrected chi connectivity index (χ1v) is 11.1. The molecule has 1 fully saturated rings. The van der Waals surface area contributed by atoms with Gasteiger partial charge in [0.05, 0.1) is 23.5 Å². The molecule has 0 aromatic carbocycles. The minimum atomic E-state index is -4.70. The van der Waals surface area contributed by atoms with Crippen LogP contribution in [0.4, 0.5) is 19.0 Å². The van der Waals surface area contributed by atoms with Crippen LogP contribution >= 0.6 is 0 Å². The zero-order chi connectivity index (χ0) is 25.5. The molecule has 12 heteroatoms. The number of rotatable bonds is 8. The Kier molecular flexibility index (Phi) is 6.58. The first kappa shape index (κ1) is 24.7. The van der Waals surface area contributed by atoms with Gasteiger partial charge in [0.1, 0.15) is 18.5 Å². The normalized spacial score (nSPS) is 15.7. The molecule has 0 bridgehead atoms. The van der Waals surface area contributed by atoms with E-state index >= 15 is 0 Å².